The average Bonchev–Trinajstić information content (AvgIpc) is 1.71. The van der Waals surface area contributed by atoms with Crippen LogP contribution in [0.1, 0.15) is 20.8 Å². The Morgan fingerprint density at radius 2 is 1.44 bits per heavy atom. The number of hydrogen-bond donors (Lipinski definition) is 2. The Kier molecular flexibility index (Phi) is 42.7. The molecule has 0 aromatic rings. The second-order valence-corrected chi connectivity index (χ2v) is 1.41. The standard InChI is InChI=1S/C3H8O.C2H6O.O.Ti/c1-3(2)4;1-2-3;;/h3-4H,1-2H3;3H,2H2,1H3;;. The zero-order chi connectivity index (χ0) is 8.28. The summed E-state index contributed by atoms with van der Waals surface area (Å²) in [6.45, 7) is 5.38. The Balaban J connectivity index is -0.0000000646. The summed E-state index contributed by atoms with van der Waals surface area (Å²) in [6, 6.07) is 0. The summed E-state index contributed by atoms with van der Waals surface area (Å²) in [5.74, 6) is 0. The molecule has 0 unspecified atom stereocenters. The Morgan fingerprint density at radius 3 is 1.44 bits per heavy atom. The van der Waals surface area contributed by atoms with Crippen molar-refractivity contribution in [1.29, 1.82) is 0 Å². The molecule has 0 atom stereocenters. The molecule has 0 rings (SSSR count). The molecule has 2 N–H and O–H groups in total. The van der Waals surface area contributed by atoms with Crippen molar-refractivity contribution >= 4 is 0 Å². The van der Waals surface area contributed by atoms with Crippen molar-refractivity contribution in [3.63, 3.8) is 0 Å². The third-order valence-corrected chi connectivity index (χ3v) is 0. The van der Waals surface area contributed by atoms with Crippen molar-refractivity contribution in [1.82, 2.24) is 0 Å². The second-order valence-electron chi connectivity index (χ2n) is 1.41. The van der Waals surface area contributed by atoms with Gasteiger partial charge in [-0.1, -0.05) is 0 Å². The predicted octanol–water partition coefficient (Wildman–Crippen LogP) is 0.264. The quantitative estimate of drug-likeness (QED) is 0.513. The molecule has 0 amide bonds. The monoisotopic (exact) mass is 170 g/mol. The summed E-state index contributed by atoms with van der Waals surface area (Å²) in [7, 11) is 0. The van der Waals surface area contributed by atoms with Crippen LogP contribution in [0.25, 0.3) is 0 Å². The molecule has 0 aliphatic rings. The fourth-order valence-electron chi connectivity index (χ4n) is 0. The molecule has 56 valence electrons. The molecule has 0 aliphatic heterocycles. The van der Waals surface area contributed by atoms with Crippen molar-refractivity contribution in [3.05, 3.63) is 0 Å². The number of aliphatic hydroxyl groups excluding tert-OH is 2. The van der Waals surface area contributed by atoms with Gasteiger partial charge in [0, 0.05) is 12.7 Å². The van der Waals surface area contributed by atoms with E-state index < -0.39 is 0 Å². The van der Waals surface area contributed by atoms with Gasteiger partial charge in [0.1, 0.15) is 0 Å². The molecule has 0 aromatic carbocycles. The minimum absolute atomic E-state index is 0.167. The van der Waals surface area contributed by atoms with E-state index in [4.69, 9.17) is 13.5 Å². The van der Waals surface area contributed by atoms with E-state index >= 15 is 0 Å². The normalized spacial score (nSPS) is 6.33. The van der Waals surface area contributed by atoms with Gasteiger partial charge in [-0.25, -0.2) is 0 Å². The summed E-state index contributed by atoms with van der Waals surface area (Å²) in [5, 5.41) is 15.6. The van der Waals surface area contributed by atoms with Gasteiger partial charge in [0.15, 0.2) is 0 Å². The molecule has 4 heteroatoms. The van der Waals surface area contributed by atoms with Crippen LogP contribution in [0, 0.1) is 0 Å². The third-order valence-electron chi connectivity index (χ3n) is 0. The molecule has 0 saturated heterocycles. The molecule has 0 aliphatic carbocycles. The zero-order valence-electron chi connectivity index (χ0n) is 6.09. The van der Waals surface area contributed by atoms with Crippen LogP contribution < -0.4 is 0 Å². The van der Waals surface area contributed by atoms with E-state index in [0.29, 0.717) is 0 Å². The van der Waals surface area contributed by atoms with Crippen molar-refractivity contribution in [2.75, 3.05) is 6.61 Å². The first-order valence-electron chi connectivity index (χ1n) is 2.64. The summed E-state index contributed by atoms with van der Waals surface area (Å²) < 4.78 is 8.25. The maximum atomic E-state index is 8.25. The SMILES string of the molecule is CC(C)O.CCO.[O]=[Ti]. The van der Waals surface area contributed by atoms with Gasteiger partial charge in [0.25, 0.3) is 0 Å². The van der Waals surface area contributed by atoms with Crippen LogP contribution in [-0.4, -0.2) is 22.9 Å². The fraction of sp³-hybridized carbons (Fsp3) is 1.00. The summed E-state index contributed by atoms with van der Waals surface area (Å²) in [4.78, 5) is 0. The van der Waals surface area contributed by atoms with E-state index in [1.165, 1.54) is 0 Å². The Morgan fingerprint density at radius 1 is 1.44 bits per heavy atom. The summed E-state index contributed by atoms with van der Waals surface area (Å²) in [5.41, 5.74) is 0. The number of aliphatic hydroxyl groups is 2. The fourth-order valence-corrected chi connectivity index (χ4v) is 0. The minimum atomic E-state index is -0.167. The van der Waals surface area contributed by atoms with Gasteiger partial charge in [-0.3, -0.25) is 0 Å². The second kappa shape index (κ2) is 23.7. The Labute approximate surface area is 67.8 Å². The zero-order valence-corrected chi connectivity index (χ0v) is 7.65. The topological polar surface area (TPSA) is 57.5 Å². The van der Waals surface area contributed by atoms with Gasteiger partial charge in [-0.2, -0.15) is 0 Å². The molecule has 0 bridgehead atoms. The van der Waals surface area contributed by atoms with Crippen molar-refractivity contribution in [2.45, 2.75) is 26.9 Å². The van der Waals surface area contributed by atoms with Gasteiger partial charge in [-0.05, 0) is 20.8 Å². The molecule has 3 nitrogen and oxygen atoms in total. The molecule has 0 spiro atoms. The van der Waals surface area contributed by atoms with E-state index in [9.17, 15) is 0 Å². The first-order chi connectivity index (χ1) is 4.15. The van der Waals surface area contributed by atoms with E-state index in [1.807, 2.05) is 0 Å². The van der Waals surface area contributed by atoms with E-state index in [2.05, 4.69) is 0 Å². The maximum absolute atomic E-state index is 8.25. The van der Waals surface area contributed by atoms with Crippen LogP contribution in [-0.2, 0) is 23.7 Å². The predicted molar refractivity (Wildman–Crippen MR) is 30.8 cm³/mol. The molecule has 0 radical (unpaired) electrons. The van der Waals surface area contributed by atoms with Crippen LogP contribution in [0.3, 0.4) is 0 Å². The Bertz CT molecular complexity index is 30.6. The molecule has 9 heavy (non-hydrogen) atoms. The van der Waals surface area contributed by atoms with Crippen LogP contribution in [0.15, 0.2) is 0 Å². The Hall–Kier alpha value is 0.434. The van der Waals surface area contributed by atoms with Crippen LogP contribution in [0.5, 0.6) is 0 Å². The van der Waals surface area contributed by atoms with E-state index in [-0.39, 0.29) is 12.7 Å². The first kappa shape index (κ1) is 16.2. The molecule has 0 aromatic heterocycles. The van der Waals surface area contributed by atoms with Gasteiger partial charge in [0.05, 0.1) is 0 Å². The van der Waals surface area contributed by atoms with Gasteiger partial charge >= 0.3 is 23.7 Å². The van der Waals surface area contributed by atoms with Crippen LogP contribution >= 0.6 is 0 Å². The van der Waals surface area contributed by atoms with Crippen LogP contribution in [0.2, 0.25) is 0 Å². The van der Waals surface area contributed by atoms with E-state index in [1.54, 1.807) is 20.8 Å². The number of rotatable bonds is 0. The molecule has 0 saturated carbocycles. The van der Waals surface area contributed by atoms with Crippen LogP contribution in [0.4, 0.5) is 0 Å². The van der Waals surface area contributed by atoms with E-state index in [0.717, 1.165) is 20.4 Å². The molecule has 0 heterocycles. The van der Waals surface area contributed by atoms with Gasteiger partial charge in [-0.15, -0.1) is 0 Å². The first-order valence-corrected chi connectivity index (χ1v) is 3.28. The van der Waals surface area contributed by atoms with Gasteiger partial charge in [0.2, 0.25) is 0 Å². The van der Waals surface area contributed by atoms with Crippen molar-refractivity contribution in [2.24, 2.45) is 0 Å². The summed E-state index contributed by atoms with van der Waals surface area (Å²) >= 11 is 0.750. The van der Waals surface area contributed by atoms with Crippen molar-refractivity contribution in [3.8, 4) is 0 Å². The summed E-state index contributed by atoms with van der Waals surface area (Å²) in [6.07, 6.45) is -0.167. The molecular formula is C5H14O3Ti. The van der Waals surface area contributed by atoms with Crippen molar-refractivity contribution < 1.29 is 33.9 Å². The average molecular weight is 170 g/mol. The number of hydrogen-bond acceptors (Lipinski definition) is 3. The molecular weight excluding hydrogens is 156 g/mol. The van der Waals surface area contributed by atoms with Gasteiger partial charge < -0.3 is 10.2 Å². The third kappa shape index (κ3) is 1850. The molecule has 0 fully saturated rings.